The largest absolute Gasteiger partial charge is 0.395 e. The van der Waals surface area contributed by atoms with E-state index in [1.54, 1.807) is 4.90 Å². The van der Waals surface area contributed by atoms with Gasteiger partial charge in [0.25, 0.3) is 5.91 Å². The molecule has 0 aliphatic carbocycles. The van der Waals surface area contributed by atoms with Crippen LogP contribution >= 0.6 is 0 Å². The number of benzene rings is 1. The third kappa shape index (κ3) is 3.15. The van der Waals surface area contributed by atoms with Gasteiger partial charge in [-0.2, -0.15) is 0 Å². The molecule has 0 bridgehead atoms. The molecule has 0 atom stereocenters. The van der Waals surface area contributed by atoms with E-state index in [9.17, 15) is 4.79 Å². The summed E-state index contributed by atoms with van der Waals surface area (Å²) < 4.78 is 0. The lowest BCUT2D eigenvalue weighted by molar-refractivity contribution is 0.0714. The number of nitrogens with one attached hydrogen (secondary N) is 1. The summed E-state index contributed by atoms with van der Waals surface area (Å²) in [6.45, 7) is 3.15. The summed E-state index contributed by atoms with van der Waals surface area (Å²) in [6, 6.07) is 9.69. The standard InChI is InChI=1S/C15H20N2O2/c1-2-3-8-17(9-10-18)15(19)14-11-12-6-4-5-7-13(12)16-14/h4-7,11,16,18H,2-3,8-10H2,1H3. The van der Waals surface area contributed by atoms with E-state index in [1.807, 2.05) is 30.3 Å². The third-order valence-corrected chi connectivity index (χ3v) is 3.20. The van der Waals surface area contributed by atoms with Crippen molar-refractivity contribution < 1.29 is 9.90 Å². The van der Waals surface area contributed by atoms with Crippen molar-refractivity contribution in [3.05, 3.63) is 36.0 Å². The SMILES string of the molecule is CCCCN(CCO)C(=O)c1cc2ccccc2[nH]1. The van der Waals surface area contributed by atoms with Gasteiger partial charge in [0.15, 0.2) is 0 Å². The molecule has 2 N–H and O–H groups in total. The van der Waals surface area contributed by atoms with Crippen molar-refractivity contribution in [2.24, 2.45) is 0 Å². The van der Waals surface area contributed by atoms with Gasteiger partial charge in [-0.15, -0.1) is 0 Å². The first-order valence-electron chi connectivity index (χ1n) is 6.74. The summed E-state index contributed by atoms with van der Waals surface area (Å²) in [7, 11) is 0. The van der Waals surface area contributed by atoms with Gasteiger partial charge in [0.05, 0.1) is 6.61 Å². The average Bonchev–Trinajstić information content (AvgIpc) is 2.86. The molecule has 0 radical (unpaired) electrons. The normalized spacial score (nSPS) is 10.8. The minimum Gasteiger partial charge on any atom is -0.395 e. The van der Waals surface area contributed by atoms with Gasteiger partial charge in [-0.05, 0) is 18.6 Å². The summed E-state index contributed by atoms with van der Waals surface area (Å²) in [5, 5.41) is 10.1. The maximum Gasteiger partial charge on any atom is 0.270 e. The van der Waals surface area contributed by atoms with Gasteiger partial charge in [0.1, 0.15) is 5.69 Å². The number of aromatic amines is 1. The highest BCUT2D eigenvalue weighted by atomic mass is 16.3. The number of fused-ring (bicyclic) bond motifs is 1. The lowest BCUT2D eigenvalue weighted by atomic mass is 10.2. The van der Waals surface area contributed by atoms with Gasteiger partial charge in [-0.3, -0.25) is 4.79 Å². The molecule has 4 nitrogen and oxygen atoms in total. The highest BCUT2D eigenvalue weighted by Gasteiger charge is 2.16. The molecule has 1 amide bonds. The fourth-order valence-corrected chi connectivity index (χ4v) is 2.14. The van der Waals surface area contributed by atoms with Crippen LogP contribution in [0.15, 0.2) is 30.3 Å². The van der Waals surface area contributed by atoms with Crippen LogP contribution in [-0.4, -0.2) is 40.6 Å². The zero-order chi connectivity index (χ0) is 13.7. The maximum absolute atomic E-state index is 12.4. The molecule has 0 aliphatic heterocycles. The van der Waals surface area contributed by atoms with Gasteiger partial charge in [0.2, 0.25) is 0 Å². The molecule has 2 rings (SSSR count). The van der Waals surface area contributed by atoms with Gasteiger partial charge in [0, 0.05) is 24.0 Å². The molecular formula is C15H20N2O2. The van der Waals surface area contributed by atoms with E-state index in [1.165, 1.54) is 0 Å². The number of hydrogen-bond donors (Lipinski definition) is 2. The molecule has 0 unspecified atom stereocenters. The Morgan fingerprint density at radius 3 is 2.79 bits per heavy atom. The number of aromatic nitrogens is 1. The first-order chi connectivity index (χ1) is 9.26. The van der Waals surface area contributed by atoms with Gasteiger partial charge >= 0.3 is 0 Å². The van der Waals surface area contributed by atoms with Gasteiger partial charge in [-0.1, -0.05) is 31.5 Å². The zero-order valence-corrected chi connectivity index (χ0v) is 11.2. The van der Waals surface area contributed by atoms with E-state index in [0.29, 0.717) is 18.8 Å². The van der Waals surface area contributed by atoms with Crippen LogP contribution in [0.4, 0.5) is 0 Å². The Morgan fingerprint density at radius 1 is 1.32 bits per heavy atom. The van der Waals surface area contributed by atoms with Crippen molar-refractivity contribution in [1.29, 1.82) is 0 Å². The first-order valence-corrected chi connectivity index (χ1v) is 6.74. The quantitative estimate of drug-likeness (QED) is 0.838. The number of carbonyl (C=O) groups is 1. The van der Waals surface area contributed by atoms with E-state index in [2.05, 4.69) is 11.9 Å². The number of aliphatic hydroxyl groups excluding tert-OH is 1. The van der Waals surface area contributed by atoms with E-state index >= 15 is 0 Å². The van der Waals surface area contributed by atoms with Crippen LogP contribution in [0.5, 0.6) is 0 Å². The minimum absolute atomic E-state index is 0.00428. The summed E-state index contributed by atoms with van der Waals surface area (Å²) in [4.78, 5) is 17.2. The number of carbonyl (C=O) groups excluding carboxylic acids is 1. The van der Waals surface area contributed by atoms with Crippen LogP contribution in [0.2, 0.25) is 0 Å². The predicted molar refractivity (Wildman–Crippen MR) is 76.2 cm³/mol. The number of unbranched alkanes of at least 4 members (excludes halogenated alkanes) is 1. The van der Waals surface area contributed by atoms with Crippen molar-refractivity contribution in [3.63, 3.8) is 0 Å². The molecular weight excluding hydrogens is 240 g/mol. The smallest absolute Gasteiger partial charge is 0.270 e. The Morgan fingerprint density at radius 2 is 2.11 bits per heavy atom. The van der Waals surface area contributed by atoms with Crippen LogP contribution in [-0.2, 0) is 0 Å². The minimum atomic E-state index is -0.0429. The molecule has 4 heteroatoms. The topological polar surface area (TPSA) is 56.3 Å². The van der Waals surface area contributed by atoms with Crippen LogP contribution in [0.3, 0.4) is 0 Å². The van der Waals surface area contributed by atoms with Crippen molar-refractivity contribution in [1.82, 2.24) is 9.88 Å². The fourth-order valence-electron chi connectivity index (χ4n) is 2.14. The number of hydrogen-bond acceptors (Lipinski definition) is 2. The van der Waals surface area contributed by atoms with E-state index in [4.69, 9.17) is 5.11 Å². The van der Waals surface area contributed by atoms with Crippen LogP contribution < -0.4 is 0 Å². The van der Waals surface area contributed by atoms with E-state index in [-0.39, 0.29) is 12.5 Å². The van der Waals surface area contributed by atoms with E-state index < -0.39 is 0 Å². The number of H-pyrrole nitrogens is 1. The van der Waals surface area contributed by atoms with Gasteiger partial charge < -0.3 is 15.0 Å². The van der Waals surface area contributed by atoms with Crippen LogP contribution in [0, 0.1) is 0 Å². The Hall–Kier alpha value is -1.81. The van der Waals surface area contributed by atoms with Crippen molar-refractivity contribution in [2.45, 2.75) is 19.8 Å². The van der Waals surface area contributed by atoms with Crippen molar-refractivity contribution in [2.75, 3.05) is 19.7 Å². The summed E-state index contributed by atoms with van der Waals surface area (Å²) in [5.41, 5.74) is 1.55. The van der Waals surface area contributed by atoms with Crippen molar-refractivity contribution >= 4 is 16.8 Å². The number of para-hydroxylation sites is 1. The van der Waals surface area contributed by atoms with E-state index in [0.717, 1.165) is 23.7 Å². The Kier molecular flexibility index (Phi) is 4.58. The lowest BCUT2D eigenvalue weighted by Crippen LogP contribution is -2.34. The van der Waals surface area contributed by atoms with Crippen LogP contribution in [0.25, 0.3) is 10.9 Å². The molecule has 2 aromatic rings. The molecule has 0 saturated heterocycles. The maximum atomic E-state index is 12.4. The number of nitrogens with zero attached hydrogens (tertiary/aromatic N) is 1. The predicted octanol–water partition coefficient (Wildman–Crippen LogP) is 2.40. The lowest BCUT2D eigenvalue weighted by Gasteiger charge is -2.20. The number of amides is 1. The number of rotatable bonds is 6. The van der Waals surface area contributed by atoms with Gasteiger partial charge in [-0.25, -0.2) is 0 Å². The molecule has 1 aromatic carbocycles. The Balaban J connectivity index is 2.19. The zero-order valence-electron chi connectivity index (χ0n) is 11.2. The molecule has 1 heterocycles. The molecule has 0 aliphatic rings. The summed E-state index contributed by atoms with van der Waals surface area (Å²) >= 11 is 0. The first kappa shape index (κ1) is 13.6. The monoisotopic (exact) mass is 260 g/mol. The fraction of sp³-hybridized carbons (Fsp3) is 0.400. The molecule has 19 heavy (non-hydrogen) atoms. The van der Waals surface area contributed by atoms with Crippen molar-refractivity contribution in [3.8, 4) is 0 Å². The Bertz CT molecular complexity index is 515. The molecule has 0 fully saturated rings. The second kappa shape index (κ2) is 6.38. The molecule has 1 aromatic heterocycles. The average molecular weight is 260 g/mol. The Labute approximate surface area is 113 Å². The second-order valence-electron chi connectivity index (χ2n) is 4.64. The summed E-state index contributed by atoms with van der Waals surface area (Å²) in [5.74, 6) is -0.0429. The third-order valence-electron chi connectivity index (χ3n) is 3.20. The molecule has 102 valence electrons. The highest BCUT2D eigenvalue weighted by molar-refractivity contribution is 5.98. The highest BCUT2D eigenvalue weighted by Crippen LogP contribution is 2.16. The van der Waals surface area contributed by atoms with Crippen LogP contribution in [0.1, 0.15) is 30.3 Å². The molecule has 0 saturated carbocycles. The molecule has 0 spiro atoms. The number of aliphatic hydroxyl groups is 1. The summed E-state index contributed by atoms with van der Waals surface area (Å²) in [6.07, 6.45) is 1.98. The second-order valence-corrected chi connectivity index (χ2v) is 4.64.